The molecular formula is C20H15NO. The molecule has 0 aliphatic heterocycles. The van der Waals surface area contributed by atoms with Crippen LogP contribution in [0.15, 0.2) is 66.7 Å². The molecule has 106 valence electrons. The average Bonchev–Trinajstić information content (AvgIpc) is 2.54. The van der Waals surface area contributed by atoms with Crippen molar-refractivity contribution in [3.8, 4) is 0 Å². The molecule has 2 heteroatoms. The molecule has 0 radical (unpaired) electrons. The maximum absolute atomic E-state index is 11.5. The first-order valence-corrected chi connectivity index (χ1v) is 7.35. The van der Waals surface area contributed by atoms with Gasteiger partial charge in [0, 0.05) is 18.0 Å². The van der Waals surface area contributed by atoms with Crippen molar-refractivity contribution in [3.05, 3.63) is 66.7 Å². The summed E-state index contributed by atoms with van der Waals surface area (Å²) in [5.74, 6) is -0.0507. The lowest BCUT2D eigenvalue weighted by atomic mass is 9.95. The van der Waals surface area contributed by atoms with Crippen molar-refractivity contribution in [1.82, 2.24) is 0 Å². The Morgan fingerprint density at radius 3 is 2.18 bits per heavy atom. The topological polar surface area (TPSA) is 29.1 Å². The van der Waals surface area contributed by atoms with Crippen molar-refractivity contribution >= 4 is 43.9 Å². The van der Waals surface area contributed by atoms with Crippen LogP contribution in [0.25, 0.3) is 32.3 Å². The number of anilines is 1. The van der Waals surface area contributed by atoms with Crippen LogP contribution in [0.5, 0.6) is 0 Å². The molecule has 1 N–H and O–H groups in total. The van der Waals surface area contributed by atoms with Gasteiger partial charge in [0.15, 0.2) is 0 Å². The highest BCUT2D eigenvalue weighted by atomic mass is 16.1. The molecule has 1 amide bonds. The van der Waals surface area contributed by atoms with Crippen molar-refractivity contribution in [1.29, 1.82) is 0 Å². The van der Waals surface area contributed by atoms with E-state index in [2.05, 4.69) is 59.9 Å². The Morgan fingerprint density at radius 1 is 0.773 bits per heavy atom. The van der Waals surface area contributed by atoms with Crippen LogP contribution in [0.2, 0.25) is 0 Å². The first-order valence-electron chi connectivity index (χ1n) is 7.35. The van der Waals surface area contributed by atoms with Crippen LogP contribution in [0, 0.1) is 0 Å². The van der Waals surface area contributed by atoms with Crippen molar-refractivity contribution in [2.24, 2.45) is 0 Å². The molecule has 0 spiro atoms. The first-order chi connectivity index (χ1) is 10.7. The van der Waals surface area contributed by atoms with Crippen LogP contribution < -0.4 is 5.32 Å². The second kappa shape index (κ2) is 4.85. The van der Waals surface area contributed by atoms with Crippen LogP contribution in [0.4, 0.5) is 5.69 Å². The van der Waals surface area contributed by atoms with Gasteiger partial charge in [0.25, 0.3) is 0 Å². The Hall–Kier alpha value is -2.87. The standard InChI is InChI=1S/C20H15NO/c1-13(22)21-19-12-15-11-10-14-6-2-3-7-16(14)20(15)18-9-5-4-8-17(18)19/h2-12H,1H3,(H,21,22). The number of rotatable bonds is 1. The molecular weight excluding hydrogens is 270 g/mol. The molecule has 4 rings (SSSR count). The predicted octanol–water partition coefficient (Wildman–Crippen LogP) is 5.10. The number of hydrogen-bond donors (Lipinski definition) is 1. The van der Waals surface area contributed by atoms with Gasteiger partial charge in [0.05, 0.1) is 0 Å². The Morgan fingerprint density at radius 2 is 1.41 bits per heavy atom. The molecule has 0 aliphatic carbocycles. The first kappa shape index (κ1) is 12.8. The third kappa shape index (κ3) is 1.92. The second-order valence-corrected chi connectivity index (χ2v) is 5.54. The minimum Gasteiger partial charge on any atom is -0.326 e. The number of fused-ring (bicyclic) bond motifs is 5. The fourth-order valence-electron chi connectivity index (χ4n) is 3.17. The zero-order chi connectivity index (χ0) is 15.1. The number of hydrogen-bond acceptors (Lipinski definition) is 1. The van der Waals surface area contributed by atoms with Gasteiger partial charge < -0.3 is 5.32 Å². The van der Waals surface area contributed by atoms with E-state index in [1.165, 1.54) is 21.5 Å². The SMILES string of the molecule is CC(=O)Nc1cc2ccc3ccccc3c2c2ccccc12. The zero-order valence-electron chi connectivity index (χ0n) is 12.3. The van der Waals surface area contributed by atoms with E-state index in [9.17, 15) is 4.79 Å². The third-order valence-electron chi connectivity index (χ3n) is 4.06. The summed E-state index contributed by atoms with van der Waals surface area (Å²) in [5, 5.41) is 10.0. The van der Waals surface area contributed by atoms with Gasteiger partial charge in [-0.25, -0.2) is 0 Å². The van der Waals surface area contributed by atoms with Gasteiger partial charge in [-0.05, 0) is 33.0 Å². The Labute approximate surface area is 128 Å². The number of amides is 1. The Balaban J connectivity index is 2.22. The fourth-order valence-corrected chi connectivity index (χ4v) is 3.17. The smallest absolute Gasteiger partial charge is 0.221 e. The van der Waals surface area contributed by atoms with Crippen LogP contribution in [-0.4, -0.2) is 5.91 Å². The van der Waals surface area contributed by atoms with Crippen LogP contribution in [0.1, 0.15) is 6.92 Å². The van der Waals surface area contributed by atoms with Gasteiger partial charge in [0.2, 0.25) is 5.91 Å². The predicted molar refractivity (Wildman–Crippen MR) is 93.3 cm³/mol. The minimum atomic E-state index is -0.0507. The Bertz CT molecular complexity index is 1030. The van der Waals surface area contributed by atoms with E-state index in [-0.39, 0.29) is 5.91 Å². The largest absolute Gasteiger partial charge is 0.326 e. The minimum absolute atomic E-state index is 0.0507. The van der Waals surface area contributed by atoms with E-state index in [0.717, 1.165) is 16.5 Å². The number of nitrogens with one attached hydrogen (secondary N) is 1. The van der Waals surface area contributed by atoms with Crippen LogP contribution >= 0.6 is 0 Å². The zero-order valence-corrected chi connectivity index (χ0v) is 12.3. The molecule has 0 heterocycles. The van der Waals surface area contributed by atoms with Crippen molar-refractivity contribution in [2.45, 2.75) is 6.92 Å². The number of carbonyl (C=O) groups excluding carboxylic acids is 1. The number of carbonyl (C=O) groups is 1. The summed E-state index contributed by atoms with van der Waals surface area (Å²) in [6, 6.07) is 22.9. The number of benzene rings is 4. The normalized spacial score (nSPS) is 11.1. The highest BCUT2D eigenvalue weighted by Gasteiger charge is 2.09. The van der Waals surface area contributed by atoms with Gasteiger partial charge in [-0.3, -0.25) is 4.79 Å². The summed E-state index contributed by atoms with van der Waals surface area (Å²) < 4.78 is 0. The van der Waals surface area contributed by atoms with Gasteiger partial charge in [-0.15, -0.1) is 0 Å². The van der Waals surface area contributed by atoms with E-state index in [1.54, 1.807) is 6.92 Å². The van der Waals surface area contributed by atoms with Crippen molar-refractivity contribution in [2.75, 3.05) is 5.32 Å². The maximum Gasteiger partial charge on any atom is 0.221 e. The average molecular weight is 285 g/mol. The molecule has 4 aromatic carbocycles. The Kier molecular flexibility index (Phi) is 2.83. The molecule has 0 atom stereocenters. The highest BCUT2D eigenvalue weighted by molar-refractivity contribution is 6.23. The second-order valence-electron chi connectivity index (χ2n) is 5.54. The van der Waals surface area contributed by atoms with E-state index in [1.807, 2.05) is 12.1 Å². The quantitative estimate of drug-likeness (QED) is 0.484. The van der Waals surface area contributed by atoms with Gasteiger partial charge in [0.1, 0.15) is 0 Å². The lowest BCUT2D eigenvalue weighted by Crippen LogP contribution is -2.06. The molecule has 0 aliphatic rings. The molecule has 0 unspecified atom stereocenters. The summed E-state index contributed by atoms with van der Waals surface area (Å²) in [7, 11) is 0. The molecule has 0 fully saturated rings. The fraction of sp³-hybridized carbons (Fsp3) is 0.0500. The van der Waals surface area contributed by atoms with E-state index < -0.39 is 0 Å². The molecule has 0 saturated heterocycles. The van der Waals surface area contributed by atoms with Gasteiger partial charge >= 0.3 is 0 Å². The molecule has 0 bridgehead atoms. The monoisotopic (exact) mass is 285 g/mol. The van der Waals surface area contributed by atoms with Crippen LogP contribution in [-0.2, 0) is 4.79 Å². The van der Waals surface area contributed by atoms with Crippen molar-refractivity contribution < 1.29 is 4.79 Å². The lowest BCUT2D eigenvalue weighted by Gasteiger charge is -2.12. The van der Waals surface area contributed by atoms with Crippen molar-refractivity contribution in [3.63, 3.8) is 0 Å². The molecule has 0 saturated carbocycles. The molecule has 4 aromatic rings. The molecule has 0 aromatic heterocycles. The van der Waals surface area contributed by atoms with E-state index >= 15 is 0 Å². The van der Waals surface area contributed by atoms with Gasteiger partial charge in [-0.2, -0.15) is 0 Å². The van der Waals surface area contributed by atoms with Crippen LogP contribution in [0.3, 0.4) is 0 Å². The summed E-state index contributed by atoms with van der Waals surface area (Å²) in [6.45, 7) is 1.54. The maximum atomic E-state index is 11.5. The molecule has 2 nitrogen and oxygen atoms in total. The summed E-state index contributed by atoms with van der Waals surface area (Å²) in [4.78, 5) is 11.5. The lowest BCUT2D eigenvalue weighted by molar-refractivity contribution is -0.114. The summed E-state index contributed by atoms with van der Waals surface area (Å²) in [6.07, 6.45) is 0. The summed E-state index contributed by atoms with van der Waals surface area (Å²) >= 11 is 0. The summed E-state index contributed by atoms with van der Waals surface area (Å²) in [5.41, 5.74) is 0.867. The highest BCUT2D eigenvalue weighted by Crippen LogP contribution is 2.36. The molecule has 22 heavy (non-hydrogen) atoms. The van der Waals surface area contributed by atoms with E-state index in [0.29, 0.717) is 0 Å². The van der Waals surface area contributed by atoms with E-state index in [4.69, 9.17) is 0 Å². The third-order valence-corrected chi connectivity index (χ3v) is 4.06. The van der Waals surface area contributed by atoms with Gasteiger partial charge in [-0.1, -0.05) is 60.7 Å².